The maximum absolute atomic E-state index is 11.4. The van der Waals surface area contributed by atoms with Gasteiger partial charge in [-0.05, 0) is 24.6 Å². The Morgan fingerprint density at radius 3 is 2.94 bits per heavy atom. The molecule has 0 radical (unpaired) electrons. The van der Waals surface area contributed by atoms with Crippen LogP contribution in [-0.2, 0) is 4.79 Å². The molecule has 18 heavy (non-hydrogen) atoms. The Kier molecular flexibility index (Phi) is 6.34. The van der Waals surface area contributed by atoms with E-state index in [1.165, 1.54) is 0 Å². The zero-order chi connectivity index (χ0) is 13.2. The van der Waals surface area contributed by atoms with Crippen LogP contribution in [0, 0.1) is 11.3 Å². The average molecular weight is 245 g/mol. The van der Waals surface area contributed by atoms with E-state index in [1.807, 2.05) is 12.1 Å². The molecule has 0 saturated heterocycles. The van der Waals surface area contributed by atoms with E-state index >= 15 is 0 Å². The SMILES string of the molecule is CCCCNC(=O)CCNc1cccc(C#N)c1. The van der Waals surface area contributed by atoms with Gasteiger partial charge in [0.2, 0.25) is 5.91 Å². The number of anilines is 1. The van der Waals surface area contributed by atoms with Crippen molar-refractivity contribution in [1.82, 2.24) is 5.32 Å². The monoisotopic (exact) mass is 245 g/mol. The molecular formula is C14H19N3O. The number of benzene rings is 1. The van der Waals surface area contributed by atoms with Gasteiger partial charge in [0.1, 0.15) is 0 Å². The fourth-order valence-corrected chi connectivity index (χ4v) is 1.51. The Morgan fingerprint density at radius 1 is 1.39 bits per heavy atom. The minimum absolute atomic E-state index is 0.0624. The Hall–Kier alpha value is -2.02. The molecule has 0 aromatic heterocycles. The van der Waals surface area contributed by atoms with Gasteiger partial charge in [-0.25, -0.2) is 0 Å². The molecule has 2 N–H and O–H groups in total. The average Bonchev–Trinajstić information content (AvgIpc) is 2.39. The molecule has 1 aromatic rings. The van der Waals surface area contributed by atoms with Gasteiger partial charge >= 0.3 is 0 Å². The molecule has 0 aliphatic carbocycles. The van der Waals surface area contributed by atoms with Crippen molar-refractivity contribution in [1.29, 1.82) is 5.26 Å². The van der Waals surface area contributed by atoms with Crippen molar-refractivity contribution in [3.63, 3.8) is 0 Å². The first kappa shape index (κ1) is 14.0. The highest BCUT2D eigenvalue weighted by atomic mass is 16.1. The number of rotatable bonds is 7. The topological polar surface area (TPSA) is 64.9 Å². The zero-order valence-electron chi connectivity index (χ0n) is 10.7. The molecule has 0 aliphatic heterocycles. The van der Waals surface area contributed by atoms with Crippen molar-refractivity contribution < 1.29 is 4.79 Å². The number of carbonyl (C=O) groups is 1. The molecule has 0 unspecified atom stereocenters. The lowest BCUT2D eigenvalue weighted by atomic mass is 10.2. The fourth-order valence-electron chi connectivity index (χ4n) is 1.51. The number of amides is 1. The molecule has 1 aromatic carbocycles. The minimum Gasteiger partial charge on any atom is -0.384 e. The minimum atomic E-state index is 0.0624. The van der Waals surface area contributed by atoms with Crippen LogP contribution in [0.1, 0.15) is 31.7 Å². The van der Waals surface area contributed by atoms with Gasteiger partial charge in [-0.15, -0.1) is 0 Å². The lowest BCUT2D eigenvalue weighted by Gasteiger charge is -2.07. The van der Waals surface area contributed by atoms with Crippen LogP contribution in [0.25, 0.3) is 0 Å². The molecule has 0 bridgehead atoms. The van der Waals surface area contributed by atoms with E-state index < -0.39 is 0 Å². The first-order valence-corrected chi connectivity index (χ1v) is 6.27. The molecule has 0 atom stereocenters. The van der Waals surface area contributed by atoms with Gasteiger partial charge < -0.3 is 10.6 Å². The lowest BCUT2D eigenvalue weighted by Crippen LogP contribution is -2.26. The quantitative estimate of drug-likeness (QED) is 0.724. The largest absolute Gasteiger partial charge is 0.384 e. The Bertz CT molecular complexity index is 423. The summed E-state index contributed by atoms with van der Waals surface area (Å²) in [5.41, 5.74) is 1.49. The van der Waals surface area contributed by atoms with E-state index in [4.69, 9.17) is 5.26 Å². The molecule has 0 fully saturated rings. The summed E-state index contributed by atoms with van der Waals surface area (Å²) in [5.74, 6) is 0.0624. The van der Waals surface area contributed by atoms with Crippen molar-refractivity contribution in [3.05, 3.63) is 29.8 Å². The summed E-state index contributed by atoms with van der Waals surface area (Å²) in [7, 11) is 0. The molecule has 4 heteroatoms. The van der Waals surface area contributed by atoms with E-state index in [9.17, 15) is 4.79 Å². The normalized spacial score (nSPS) is 9.56. The summed E-state index contributed by atoms with van der Waals surface area (Å²) in [5, 5.41) is 14.7. The predicted molar refractivity (Wildman–Crippen MR) is 72.2 cm³/mol. The predicted octanol–water partition coefficient (Wildman–Crippen LogP) is 2.28. The number of hydrogen-bond acceptors (Lipinski definition) is 3. The van der Waals surface area contributed by atoms with Crippen molar-refractivity contribution in [2.75, 3.05) is 18.4 Å². The zero-order valence-corrected chi connectivity index (χ0v) is 10.7. The van der Waals surface area contributed by atoms with E-state index in [2.05, 4.69) is 23.6 Å². The molecular weight excluding hydrogens is 226 g/mol. The second kappa shape index (κ2) is 8.13. The van der Waals surface area contributed by atoms with E-state index in [1.54, 1.807) is 12.1 Å². The second-order valence-electron chi connectivity index (χ2n) is 4.07. The van der Waals surface area contributed by atoms with Gasteiger partial charge in [-0.2, -0.15) is 5.26 Å². The highest BCUT2D eigenvalue weighted by molar-refractivity contribution is 5.76. The molecule has 1 rings (SSSR count). The highest BCUT2D eigenvalue weighted by Crippen LogP contribution is 2.09. The van der Waals surface area contributed by atoms with Gasteiger partial charge in [-0.1, -0.05) is 19.4 Å². The lowest BCUT2D eigenvalue weighted by molar-refractivity contribution is -0.120. The van der Waals surface area contributed by atoms with Gasteiger partial charge in [0, 0.05) is 25.2 Å². The Labute approximate surface area is 108 Å². The summed E-state index contributed by atoms with van der Waals surface area (Å²) in [6, 6.07) is 9.31. The Morgan fingerprint density at radius 2 is 2.22 bits per heavy atom. The number of carbonyl (C=O) groups excluding carboxylic acids is 1. The van der Waals surface area contributed by atoms with Gasteiger partial charge in [0.05, 0.1) is 11.6 Å². The number of nitriles is 1. The van der Waals surface area contributed by atoms with Crippen molar-refractivity contribution in [2.24, 2.45) is 0 Å². The summed E-state index contributed by atoms with van der Waals surface area (Å²) in [6.45, 7) is 3.42. The number of hydrogen-bond donors (Lipinski definition) is 2. The number of unbranched alkanes of at least 4 members (excludes halogenated alkanes) is 1. The third-order valence-electron chi connectivity index (χ3n) is 2.53. The van der Waals surface area contributed by atoms with Crippen LogP contribution in [0.3, 0.4) is 0 Å². The van der Waals surface area contributed by atoms with Crippen LogP contribution in [0.5, 0.6) is 0 Å². The van der Waals surface area contributed by atoms with Gasteiger partial charge in [0.25, 0.3) is 0 Å². The first-order valence-electron chi connectivity index (χ1n) is 6.27. The molecule has 1 amide bonds. The van der Waals surface area contributed by atoms with Crippen molar-refractivity contribution in [3.8, 4) is 6.07 Å². The highest BCUT2D eigenvalue weighted by Gasteiger charge is 2.00. The number of nitrogens with zero attached hydrogens (tertiary/aromatic N) is 1. The van der Waals surface area contributed by atoms with E-state index in [0.717, 1.165) is 25.1 Å². The summed E-state index contributed by atoms with van der Waals surface area (Å²) in [6.07, 6.45) is 2.55. The van der Waals surface area contributed by atoms with Crippen LogP contribution in [0.4, 0.5) is 5.69 Å². The smallest absolute Gasteiger partial charge is 0.221 e. The van der Waals surface area contributed by atoms with Crippen molar-refractivity contribution in [2.45, 2.75) is 26.2 Å². The summed E-state index contributed by atoms with van der Waals surface area (Å²) >= 11 is 0. The molecule has 96 valence electrons. The Balaban J connectivity index is 2.24. The second-order valence-corrected chi connectivity index (χ2v) is 4.07. The number of nitrogens with one attached hydrogen (secondary N) is 2. The van der Waals surface area contributed by atoms with Crippen LogP contribution < -0.4 is 10.6 Å². The van der Waals surface area contributed by atoms with Gasteiger partial charge in [-0.3, -0.25) is 4.79 Å². The molecule has 0 spiro atoms. The third kappa shape index (κ3) is 5.35. The van der Waals surface area contributed by atoms with Gasteiger partial charge in [0.15, 0.2) is 0 Å². The van der Waals surface area contributed by atoms with Crippen LogP contribution >= 0.6 is 0 Å². The van der Waals surface area contributed by atoms with Crippen molar-refractivity contribution >= 4 is 11.6 Å². The maximum Gasteiger partial charge on any atom is 0.221 e. The van der Waals surface area contributed by atoms with Crippen LogP contribution in [0.2, 0.25) is 0 Å². The molecule has 0 aliphatic rings. The molecule has 0 saturated carbocycles. The fraction of sp³-hybridized carbons (Fsp3) is 0.429. The van der Waals surface area contributed by atoms with E-state index in [-0.39, 0.29) is 5.91 Å². The molecule has 4 nitrogen and oxygen atoms in total. The summed E-state index contributed by atoms with van der Waals surface area (Å²) < 4.78 is 0. The third-order valence-corrected chi connectivity index (χ3v) is 2.53. The maximum atomic E-state index is 11.4. The van der Waals surface area contributed by atoms with Crippen LogP contribution in [0.15, 0.2) is 24.3 Å². The standard InChI is InChI=1S/C14H19N3O/c1-2-3-8-17-14(18)7-9-16-13-6-4-5-12(10-13)11-15/h4-6,10,16H,2-3,7-9H2,1H3,(H,17,18). The summed E-state index contributed by atoms with van der Waals surface area (Å²) in [4.78, 5) is 11.4. The molecule has 0 heterocycles. The van der Waals surface area contributed by atoms with E-state index in [0.29, 0.717) is 18.5 Å². The first-order chi connectivity index (χ1) is 8.76. The van der Waals surface area contributed by atoms with Crippen LogP contribution in [-0.4, -0.2) is 19.0 Å².